The average Bonchev–Trinajstić information content (AvgIpc) is 2.42. The van der Waals surface area contributed by atoms with Crippen LogP contribution in [0.25, 0.3) is 0 Å². The minimum atomic E-state index is -0.525. The smallest absolute Gasteiger partial charge is 0.221 e. The molecule has 1 fully saturated rings. The molecule has 24 heavy (non-hydrogen) atoms. The number of rotatable bonds is 5. The summed E-state index contributed by atoms with van der Waals surface area (Å²) in [4.78, 5) is 13.7. The molecule has 3 N–H and O–H groups in total. The lowest BCUT2D eigenvalue weighted by atomic mass is 10.0. The van der Waals surface area contributed by atoms with Gasteiger partial charge in [0, 0.05) is 37.2 Å². The fraction of sp³-hybridized carbons (Fsp3) is 0.562. The summed E-state index contributed by atoms with van der Waals surface area (Å²) >= 11 is 0. The highest BCUT2D eigenvalue weighted by Gasteiger charge is 2.23. The molecule has 1 aromatic carbocycles. The molecular formula is C16H25Cl2F2N3O. The predicted molar refractivity (Wildman–Crippen MR) is 95.6 cm³/mol. The molecule has 1 aliphatic heterocycles. The number of hydrogen-bond acceptors (Lipinski definition) is 3. The van der Waals surface area contributed by atoms with Crippen LogP contribution in [-0.4, -0.2) is 36.0 Å². The van der Waals surface area contributed by atoms with Crippen LogP contribution >= 0.6 is 24.8 Å². The fourth-order valence-electron chi connectivity index (χ4n) is 2.80. The lowest BCUT2D eigenvalue weighted by Crippen LogP contribution is -2.48. The van der Waals surface area contributed by atoms with E-state index in [1.807, 2.05) is 4.90 Å². The van der Waals surface area contributed by atoms with Gasteiger partial charge in [0.2, 0.25) is 5.91 Å². The van der Waals surface area contributed by atoms with Gasteiger partial charge >= 0.3 is 0 Å². The van der Waals surface area contributed by atoms with Crippen molar-refractivity contribution in [3.8, 4) is 0 Å². The third kappa shape index (κ3) is 6.89. The summed E-state index contributed by atoms with van der Waals surface area (Å²) in [6.45, 7) is 3.37. The largest absolute Gasteiger partial charge is 0.352 e. The van der Waals surface area contributed by atoms with Crippen LogP contribution in [0.5, 0.6) is 0 Å². The van der Waals surface area contributed by atoms with Crippen molar-refractivity contribution in [3.63, 3.8) is 0 Å². The minimum Gasteiger partial charge on any atom is -0.352 e. The predicted octanol–water partition coefficient (Wildman–Crippen LogP) is 2.63. The summed E-state index contributed by atoms with van der Waals surface area (Å²) in [5.74, 6) is -1.12. The Morgan fingerprint density at radius 3 is 2.58 bits per heavy atom. The highest BCUT2D eigenvalue weighted by Crippen LogP contribution is 2.18. The quantitative estimate of drug-likeness (QED) is 0.821. The Bertz CT molecular complexity index is 512. The number of benzene rings is 1. The number of nitrogens with one attached hydrogen (secondary N) is 1. The molecule has 1 amide bonds. The molecule has 2 atom stereocenters. The van der Waals surface area contributed by atoms with Gasteiger partial charge in [-0.3, -0.25) is 9.69 Å². The normalized spacial score (nSPS) is 18.9. The van der Waals surface area contributed by atoms with Gasteiger partial charge in [0.1, 0.15) is 11.6 Å². The van der Waals surface area contributed by atoms with Gasteiger partial charge in [0.15, 0.2) is 0 Å². The molecule has 8 heteroatoms. The third-order valence-electron chi connectivity index (χ3n) is 3.82. The highest BCUT2D eigenvalue weighted by molar-refractivity contribution is 5.85. The van der Waals surface area contributed by atoms with E-state index in [2.05, 4.69) is 5.32 Å². The van der Waals surface area contributed by atoms with Crippen LogP contribution in [0.3, 0.4) is 0 Å². The molecule has 0 saturated carbocycles. The molecule has 0 radical (unpaired) electrons. The van der Waals surface area contributed by atoms with Gasteiger partial charge in [0.05, 0.1) is 0 Å². The van der Waals surface area contributed by atoms with E-state index >= 15 is 0 Å². The van der Waals surface area contributed by atoms with E-state index in [1.54, 1.807) is 6.92 Å². The second-order valence-electron chi connectivity index (χ2n) is 6.02. The van der Waals surface area contributed by atoms with Gasteiger partial charge < -0.3 is 11.1 Å². The molecule has 1 aromatic rings. The van der Waals surface area contributed by atoms with Crippen LogP contribution in [0.1, 0.15) is 31.7 Å². The van der Waals surface area contributed by atoms with Crippen molar-refractivity contribution in [2.24, 2.45) is 5.73 Å². The molecular weight excluding hydrogens is 359 g/mol. The molecule has 1 heterocycles. The Balaban J connectivity index is 0.00000264. The van der Waals surface area contributed by atoms with Gasteiger partial charge in [-0.2, -0.15) is 0 Å². The van der Waals surface area contributed by atoms with Gasteiger partial charge in [-0.25, -0.2) is 8.78 Å². The number of hydrogen-bond donors (Lipinski definition) is 2. The van der Waals surface area contributed by atoms with Crippen molar-refractivity contribution < 1.29 is 13.6 Å². The molecule has 0 bridgehead atoms. The maximum Gasteiger partial charge on any atom is 0.221 e. The van der Waals surface area contributed by atoms with Gasteiger partial charge in [-0.15, -0.1) is 24.8 Å². The van der Waals surface area contributed by atoms with Crippen LogP contribution in [0.15, 0.2) is 18.2 Å². The van der Waals surface area contributed by atoms with E-state index < -0.39 is 11.6 Å². The summed E-state index contributed by atoms with van der Waals surface area (Å²) in [7, 11) is 0. The zero-order valence-corrected chi connectivity index (χ0v) is 15.3. The van der Waals surface area contributed by atoms with Crippen LogP contribution in [-0.2, 0) is 11.3 Å². The topological polar surface area (TPSA) is 58.4 Å². The van der Waals surface area contributed by atoms with Crippen molar-refractivity contribution in [1.29, 1.82) is 0 Å². The number of carbonyl (C=O) groups is 1. The minimum absolute atomic E-state index is 0. The molecule has 1 aliphatic rings. The van der Waals surface area contributed by atoms with E-state index in [0.717, 1.165) is 19.4 Å². The summed E-state index contributed by atoms with van der Waals surface area (Å²) in [6, 6.07) is 3.73. The number of nitrogens with zero attached hydrogens (tertiary/aromatic N) is 1. The Morgan fingerprint density at radius 1 is 1.38 bits per heavy atom. The van der Waals surface area contributed by atoms with E-state index in [4.69, 9.17) is 5.73 Å². The van der Waals surface area contributed by atoms with E-state index in [-0.39, 0.29) is 54.9 Å². The molecule has 0 aliphatic carbocycles. The average molecular weight is 384 g/mol. The number of likely N-dealkylation sites (tertiary alicyclic amines) is 1. The number of nitrogens with two attached hydrogens (primary N) is 1. The first kappa shape index (κ1) is 23.1. The van der Waals surface area contributed by atoms with E-state index in [1.165, 1.54) is 18.2 Å². The number of piperidine rings is 1. The Morgan fingerprint density at radius 2 is 2.00 bits per heavy atom. The first-order valence-electron chi connectivity index (χ1n) is 7.66. The second-order valence-corrected chi connectivity index (χ2v) is 6.02. The summed E-state index contributed by atoms with van der Waals surface area (Å²) in [6.07, 6.45) is 2.05. The van der Waals surface area contributed by atoms with Crippen molar-refractivity contribution in [2.45, 2.75) is 44.8 Å². The monoisotopic (exact) mass is 383 g/mol. The van der Waals surface area contributed by atoms with Crippen LogP contribution < -0.4 is 11.1 Å². The standard InChI is InChI=1S/C16H23F2N3O.2ClH/c1-11(19)8-16(22)20-12-4-3-7-21(9-12)10-13-14(17)5-2-6-15(13)18;;/h2,5-6,11-12H,3-4,7-10,19H2,1H3,(H,20,22);2*1H. The van der Waals surface area contributed by atoms with Crippen molar-refractivity contribution in [3.05, 3.63) is 35.4 Å². The SMILES string of the molecule is CC(N)CC(=O)NC1CCCN(Cc2c(F)cccc2F)C1.Cl.Cl. The summed E-state index contributed by atoms with van der Waals surface area (Å²) < 4.78 is 27.4. The molecule has 2 unspecified atom stereocenters. The van der Waals surface area contributed by atoms with Crippen LogP contribution in [0.2, 0.25) is 0 Å². The summed E-state index contributed by atoms with van der Waals surface area (Å²) in [5, 5.41) is 2.95. The third-order valence-corrected chi connectivity index (χ3v) is 3.82. The fourth-order valence-corrected chi connectivity index (χ4v) is 2.80. The van der Waals surface area contributed by atoms with E-state index in [9.17, 15) is 13.6 Å². The van der Waals surface area contributed by atoms with Crippen molar-refractivity contribution in [2.75, 3.05) is 13.1 Å². The molecule has 0 aromatic heterocycles. The summed E-state index contributed by atoms with van der Waals surface area (Å²) in [5.41, 5.74) is 5.69. The molecule has 2 rings (SSSR count). The zero-order chi connectivity index (χ0) is 16.1. The van der Waals surface area contributed by atoms with Gasteiger partial charge in [-0.05, 0) is 38.4 Å². The first-order valence-corrected chi connectivity index (χ1v) is 7.66. The molecule has 4 nitrogen and oxygen atoms in total. The maximum atomic E-state index is 13.7. The van der Waals surface area contributed by atoms with Gasteiger partial charge in [0.25, 0.3) is 0 Å². The van der Waals surface area contributed by atoms with E-state index in [0.29, 0.717) is 13.0 Å². The Labute approximate surface area is 154 Å². The van der Waals surface area contributed by atoms with Gasteiger partial charge in [-0.1, -0.05) is 6.07 Å². The van der Waals surface area contributed by atoms with Crippen LogP contribution in [0, 0.1) is 11.6 Å². The van der Waals surface area contributed by atoms with Crippen molar-refractivity contribution in [1.82, 2.24) is 10.2 Å². The van der Waals surface area contributed by atoms with Crippen molar-refractivity contribution >= 4 is 30.7 Å². The highest BCUT2D eigenvalue weighted by atomic mass is 35.5. The number of amides is 1. The lowest BCUT2D eigenvalue weighted by Gasteiger charge is -2.33. The van der Waals surface area contributed by atoms with Crippen LogP contribution in [0.4, 0.5) is 8.78 Å². The molecule has 1 saturated heterocycles. The lowest BCUT2D eigenvalue weighted by molar-refractivity contribution is -0.122. The first-order chi connectivity index (χ1) is 10.5. The maximum absolute atomic E-state index is 13.7. The zero-order valence-electron chi connectivity index (χ0n) is 13.6. The Hall–Kier alpha value is -0.950. The second kappa shape index (κ2) is 10.8. The molecule has 138 valence electrons. The molecule has 0 spiro atoms. The number of halogens is 4. The Kier molecular flexibility index (Phi) is 10.4. The number of carbonyl (C=O) groups excluding carboxylic acids is 1.